The van der Waals surface area contributed by atoms with Crippen LogP contribution in [0.3, 0.4) is 0 Å². The first-order chi connectivity index (χ1) is 11.8. The second-order valence-electron chi connectivity index (χ2n) is 8.00. The average Bonchev–Trinajstić information content (AvgIpc) is 2.61. The number of nitrogens with one attached hydrogen (secondary N) is 3. The van der Waals surface area contributed by atoms with Gasteiger partial charge in [0, 0.05) is 51.8 Å². The fraction of sp³-hybridized carbons (Fsp3) is 0.889. The summed E-state index contributed by atoms with van der Waals surface area (Å²) in [5.41, 5.74) is -0.0367. The molecule has 3 N–H and O–H groups in total. The first-order valence-corrected chi connectivity index (χ1v) is 9.23. The molecule has 1 aliphatic carbocycles. The Kier molecular flexibility index (Phi) is 8.60. The van der Waals surface area contributed by atoms with Gasteiger partial charge in [-0.15, -0.1) is 24.0 Å². The summed E-state index contributed by atoms with van der Waals surface area (Å²) in [5, 5.41) is 9.79. The van der Waals surface area contributed by atoms with Crippen molar-refractivity contribution in [3.8, 4) is 0 Å². The summed E-state index contributed by atoms with van der Waals surface area (Å²) in [7, 11) is 5.29. The molecule has 2 atom stereocenters. The van der Waals surface area contributed by atoms with Gasteiger partial charge in [-0.2, -0.15) is 0 Å². The lowest BCUT2D eigenvalue weighted by Gasteiger charge is -2.59. The van der Waals surface area contributed by atoms with Crippen LogP contribution in [0.25, 0.3) is 0 Å². The number of methoxy groups -OCH3 is 1. The molecule has 2 aliphatic rings. The van der Waals surface area contributed by atoms with Crippen LogP contribution in [0.4, 0.5) is 0 Å². The predicted octanol–water partition coefficient (Wildman–Crippen LogP) is 1.18. The van der Waals surface area contributed by atoms with Gasteiger partial charge >= 0.3 is 0 Å². The van der Waals surface area contributed by atoms with Crippen LogP contribution < -0.4 is 16.0 Å². The Morgan fingerprint density at radius 1 is 1.23 bits per heavy atom. The minimum absolute atomic E-state index is 0. The highest BCUT2D eigenvalue weighted by atomic mass is 127. The second-order valence-corrected chi connectivity index (χ2v) is 8.00. The number of piperidine rings is 1. The van der Waals surface area contributed by atoms with E-state index in [0.29, 0.717) is 18.6 Å². The molecule has 0 aromatic carbocycles. The van der Waals surface area contributed by atoms with Crippen molar-refractivity contribution in [3.63, 3.8) is 0 Å². The van der Waals surface area contributed by atoms with E-state index < -0.39 is 0 Å². The highest BCUT2D eigenvalue weighted by Crippen LogP contribution is 2.51. The molecule has 152 valence electrons. The summed E-state index contributed by atoms with van der Waals surface area (Å²) in [4.78, 5) is 18.1. The van der Waals surface area contributed by atoms with Crippen LogP contribution in [-0.4, -0.2) is 75.3 Å². The van der Waals surface area contributed by atoms with Gasteiger partial charge in [0.15, 0.2) is 5.96 Å². The molecule has 7 nitrogen and oxygen atoms in total. The van der Waals surface area contributed by atoms with Crippen molar-refractivity contribution in [2.75, 3.05) is 40.8 Å². The molecular formula is C18H36IN5O2. The molecule has 1 aliphatic heterocycles. The van der Waals surface area contributed by atoms with Gasteiger partial charge in [0.05, 0.1) is 12.1 Å². The number of aliphatic imine (C=N–C) groups is 1. The summed E-state index contributed by atoms with van der Waals surface area (Å²) in [6, 6.07) is 0.737. The summed E-state index contributed by atoms with van der Waals surface area (Å²) in [5.74, 6) is 0.943. The number of rotatable bonds is 5. The van der Waals surface area contributed by atoms with Crippen molar-refractivity contribution in [3.05, 3.63) is 0 Å². The molecular weight excluding hydrogens is 445 g/mol. The zero-order chi connectivity index (χ0) is 18.7. The lowest BCUT2D eigenvalue weighted by Crippen LogP contribution is -2.69. The minimum Gasteiger partial charge on any atom is -0.378 e. The van der Waals surface area contributed by atoms with Crippen molar-refractivity contribution >= 4 is 35.8 Å². The highest BCUT2D eigenvalue weighted by Gasteiger charge is 2.58. The molecule has 1 heterocycles. The van der Waals surface area contributed by atoms with Gasteiger partial charge in [-0.25, -0.2) is 0 Å². The van der Waals surface area contributed by atoms with E-state index in [1.807, 2.05) is 7.05 Å². The lowest BCUT2D eigenvalue weighted by molar-refractivity contribution is -0.176. The van der Waals surface area contributed by atoms with Gasteiger partial charge in [-0.1, -0.05) is 13.8 Å². The summed E-state index contributed by atoms with van der Waals surface area (Å²) >= 11 is 0. The monoisotopic (exact) mass is 481 g/mol. The van der Waals surface area contributed by atoms with E-state index in [2.05, 4.69) is 46.6 Å². The van der Waals surface area contributed by atoms with Gasteiger partial charge in [-0.05, 0) is 26.2 Å². The molecule has 2 rings (SSSR count). The number of ether oxygens (including phenoxy) is 1. The van der Waals surface area contributed by atoms with Crippen LogP contribution in [0.15, 0.2) is 4.99 Å². The van der Waals surface area contributed by atoms with Crippen LogP contribution in [0, 0.1) is 5.41 Å². The van der Waals surface area contributed by atoms with Crippen molar-refractivity contribution in [1.29, 1.82) is 0 Å². The first kappa shape index (κ1) is 23.4. The number of halogens is 1. The Bertz CT molecular complexity index is 506. The number of guanidine groups is 1. The Balaban J connectivity index is 0.00000338. The quantitative estimate of drug-likeness (QED) is 0.313. The van der Waals surface area contributed by atoms with Crippen LogP contribution >= 0.6 is 24.0 Å². The molecule has 1 saturated heterocycles. The van der Waals surface area contributed by atoms with E-state index in [-0.39, 0.29) is 40.9 Å². The van der Waals surface area contributed by atoms with E-state index >= 15 is 0 Å². The predicted molar refractivity (Wildman–Crippen MR) is 116 cm³/mol. The maximum Gasteiger partial charge on any atom is 0.233 e. The van der Waals surface area contributed by atoms with E-state index in [4.69, 9.17) is 4.74 Å². The normalized spacial score (nSPS) is 29.3. The zero-order valence-corrected chi connectivity index (χ0v) is 19.3. The number of amides is 1. The van der Waals surface area contributed by atoms with Gasteiger partial charge < -0.3 is 20.7 Å². The number of nitrogens with zero attached hydrogens (tertiary/aromatic N) is 2. The molecule has 1 amide bonds. The maximum atomic E-state index is 11.5. The van der Waals surface area contributed by atoms with Crippen molar-refractivity contribution in [1.82, 2.24) is 20.9 Å². The van der Waals surface area contributed by atoms with E-state index in [9.17, 15) is 4.79 Å². The Hall–Kier alpha value is -0.610. The first-order valence-electron chi connectivity index (χ1n) is 9.23. The number of hydrogen-bond donors (Lipinski definition) is 3. The fourth-order valence-electron chi connectivity index (χ4n) is 3.77. The Labute approximate surface area is 175 Å². The number of hydrogen-bond acceptors (Lipinski definition) is 4. The largest absolute Gasteiger partial charge is 0.378 e. The van der Waals surface area contributed by atoms with E-state index in [1.54, 1.807) is 14.2 Å². The number of carbonyl (C=O) groups excluding carboxylic acids is 1. The number of likely N-dealkylation sites (N-methyl/N-ethyl adjacent to an activating group) is 1. The van der Waals surface area contributed by atoms with Crippen molar-refractivity contribution in [2.24, 2.45) is 10.4 Å². The van der Waals surface area contributed by atoms with Crippen molar-refractivity contribution in [2.45, 2.75) is 57.7 Å². The molecule has 1 saturated carbocycles. The third-order valence-electron chi connectivity index (χ3n) is 6.39. The summed E-state index contributed by atoms with van der Waals surface area (Å²) < 4.78 is 5.70. The van der Waals surface area contributed by atoms with Gasteiger partial charge in [0.2, 0.25) is 5.91 Å². The Morgan fingerprint density at radius 3 is 2.31 bits per heavy atom. The zero-order valence-electron chi connectivity index (χ0n) is 17.0. The van der Waals surface area contributed by atoms with Crippen molar-refractivity contribution < 1.29 is 9.53 Å². The van der Waals surface area contributed by atoms with Gasteiger partial charge in [0.1, 0.15) is 0 Å². The molecule has 26 heavy (non-hydrogen) atoms. The molecule has 8 heteroatoms. The average molecular weight is 481 g/mol. The van der Waals surface area contributed by atoms with Gasteiger partial charge in [0.25, 0.3) is 0 Å². The molecule has 0 bridgehead atoms. The summed E-state index contributed by atoms with van der Waals surface area (Å²) in [6.07, 6.45) is 3.00. The molecule has 2 unspecified atom stereocenters. The highest BCUT2D eigenvalue weighted by molar-refractivity contribution is 14.0. The number of carbonyl (C=O) groups is 1. The van der Waals surface area contributed by atoms with Crippen LogP contribution in [0.5, 0.6) is 0 Å². The van der Waals surface area contributed by atoms with Crippen LogP contribution in [0.1, 0.15) is 40.0 Å². The third kappa shape index (κ3) is 5.01. The van der Waals surface area contributed by atoms with E-state index in [0.717, 1.165) is 38.3 Å². The second kappa shape index (κ2) is 9.54. The minimum atomic E-state index is -0.0886. The van der Waals surface area contributed by atoms with Crippen LogP contribution in [0.2, 0.25) is 0 Å². The molecule has 0 aromatic rings. The van der Waals surface area contributed by atoms with E-state index in [1.165, 1.54) is 0 Å². The molecule has 0 radical (unpaired) electrons. The summed E-state index contributed by atoms with van der Waals surface area (Å²) in [6.45, 7) is 8.99. The van der Waals surface area contributed by atoms with Gasteiger partial charge in [-0.3, -0.25) is 14.7 Å². The SMILES string of the molecule is CN=C(NC1CCN(CC(=O)NC)CC1)NC1CC(C)(OC)C1(C)C.I. The molecule has 0 aromatic heterocycles. The molecule has 0 spiro atoms. The third-order valence-corrected chi connectivity index (χ3v) is 6.39. The fourth-order valence-corrected chi connectivity index (χ4v) is 3.77. The Morgan fingerprint density at radius 2 is 1.85 bits per heavy atom. The van der Waals surface area contributed by atoms with Crippen LogP contribution in [-0.2, 0) is 9.53 Å². The lowest BCUT2D eigenvalue weighted by atomic mass is 9.56. The maximum absolute atomic E-state index is 11.5. The standard InChI is InChI=1S/C18H35N5O2.HI/c1-17(2)14(11-18(17,3)25-6)22-16(20-5)21-13-7-9-23(10-8-13)12-15(24)19-4;/h13-14H,7-12H2,1-6H3,(H,19,24)(H2,20,21,22);1H. The number of likely N-dealkylation sites (tertiary alicyclic amines) is 1. The molecule has 2 fully saturated rings. The smallest absolute Gasteiger partial charge is 0.233 e. The topological polar surface area (TPSA) is 78.0 Å².